The molecule has 0 unspecified atom stereocenters. The van der Waals surface area contributed by atoms with Crippen molar-refractivity contribution in [2.75, 3.05) is 0 Å². The van der Waals surface area contributed by atoms with Crippen LogP contribution in [0.2, 0.25) is 10.0 Å². The third-order valence-corrected chi connectivity index (χ3v) is 9.05. The zero-order valence-electron chi connectivity index (χ0n) is 21.6. The zero-order valence-corrected chi connectivity index (χ0v) is 23.9. The molecule has 42 heavy (non-hydrogen) atoms. The Kier molecular flexibility index (Phi) is 6.53. The van der Waals surface area contributed by atoms with Crippen LogP contribution in [0.5, 0.6) is 0 Å². The molecule has 0 N–H and O–H groups in total. The fourth-order valence-electron chi connectivity index (χ4n) is 5.59. The Hall–Kier alpha value is -3.85. The van der Waals surface area contributed by atoms with Crippen molar-refractivity contribution < 1.29 is 17.6 Å². The number of rotatable bonds is 3. The maximum absolute atomic E-state index is 14.0. The summed E-state index contributed by atoms with van der Waals surface area (Å²) in [5.41, 5.74) is 4.07. The lowest BCUT2D eigenvalue weighted by Crippen LogP contribution is -2.38. The van der Waals surface area contributed by atoms with Crippen molar-refractivity contribution in [3.8, 4) is 11.3 Å². The number of thiazole rings is 1. The first-order chi connectivity index (χ1) is 20.2. The molecule has 10 heteroatoms. The van der Waals surface area contributed by atoms with E-state index in [9.17, 15) is 18.0 Å². The molecule has 1 atom stereocenters. The molecular weight excluding hydrogens is 604 g/mol. The Labute approximate surface area is 251 Å². The summed E-state index contributed by atoms with van der Waals surface area (Å²) in [6.45, 7) is 0. The number of aromatic nitrogens is 1. The number of hydrogen-bond acceptors (Lipinski definition) is 4. The highest BCUT2D eigenvalue weighted by Gasteiger charge is 2.34. The van der Waals surface area contributed by atoms with Crippen LogP contribution in [0.15, 0.2) is 98.6 Å². The topological polar surface area (TPSA) is 47.5 Å². The van der Waals surface area contributed by atoms with Crippen LogP contribution in [0.3, 0.4) is 0 Å². The summed E-state index contributed by atoms with van der Waals surface area (Å²) >= 11 is 14.1. The highest BCUT2D eigenvalue weighted by molar-refractivity contribution is 7.07. The zero-order chi connectivity index (χ0) is 29.2. The molecule has 0 bridgehead atoms. The van der Waals surface area contributed by atoms with Crippen LogP contribution in [-0.2, 0) is 12.6 Å². The molecule has 7 rings (SSSR count). The van der Waals surface area contributed by atoms with Gasteiger partial charge in [0.15, 0.2) is 4.80 Å². The first-order valence-electron chi connectivity index (χ1n) is 13.0. The van der Waals surface area contributed by atoms with Crippen LogP contribution in [-0.4, -0.2) is 4.57 Å². The minimum atomic E-state index is -4.47. The highest BCUT2D eigenvalue weighted by atomic mass is 35.5. The van der Waals surface area contributed by atoms with Crippen LogP contribution < -0.4 is 14.9 Å². The number of allylic oxidation sites excluding steroid dienone is 1. The fourth-order valence-corrected chi connectivity index (χ4v) is 7.08. The van der Waals surface area contributed by atoms with Gasteiger partial charge in [0.1, 0.15) is 11.5 Å². The SMILES string of the molecule is O=c1/c(=C\c2ccc(-c3cccc(C(F)(F)F)c3)o2)sc2n1[C@H](c1ccc(Cl)cc1Cl)C1=C(N=2)c2ccccc2CC1. The average Bonchev–Trinajstić information content (AvgIpc) is 3.56. The molecule has 5 aromatic rings. The van der Waals surface area contributed by atoms with Crippen molar-refractivity contribution in [2.45, 2.75) is 25.1 Å². The third kappa shape index (κ3) is 4.64. The first kappa shape index (κ1) is 27.0. The second kappa shape index (κ2) is 10.2. The molecule has 210 valence electrons. The van der Waals surface area contributed by atoms with E-state index >= 15 is 0 Å². The van der Waals surface area contributed by atoms with Crippen LogP contribution in [0.4, 0.5) is 13.2 Å². The van der Waals surface area contributed by atoms with Crippen LogP contribution in [0.25, 0.3) is 23.1 Å². The third-order valence-electron chi connectivity index (χ3n) is 7.50. The summed E-state index contributed by atoms with van der Waals surface area (Å²) in [6.07, 6.45) is -1.36. The average molecular weight is 623 g/mol. The van der Waals surface area contributed by atoms with Gasteiger partial charge in [-0.2, -0.15) is 13.2 Å². The Bertz CT molecular complexity index is 2110. The van der Waals surface area contributed by atoms with Crippen molar-refractivity contribution in [1.29, 1.82) is 0 Å². The molecular formula is C32H19Cl2F3N2O2S. The van der Waals surface area contributed by atoms with Gasteiger partial charge in [0, 0.05) is 27.2 Å². The molecule has 0 saturated heterocycles. The minimum absolute atomic E-state index is 0.262. The summed E-state index contributed by atoms with van der Waals surface area (Å²) in [4.78, 5) is 19.4. The van der Waals surface area contributed by atoms with Crippen molar-refractivity contribution >= 4 is 46.3 Å². The maximum atomic E-state index is 14.0. The number of nitrogens with zero attached hydrogens (tertiary/aromatic N) is 2. The van der Waals surface area contributed by atoms with E-state index < -0.39 is 17.8 Å². The van der Waals surface area contributed by atoms with Crippen molar-refractivity contribution in [3.63, 3.8) is 0 Å². The predicted molar refractivity (Wildman–Crippen MR) is 158 cm³/mol. The van der Waals surface area contributed by atoms with Gasteiger partial charge in [0.25, 0.3) is 5.56 Å². The van der Waals surface area contributed by atoms with Gasteiger partial charge in [0.05, 0.1) is 21.8 Å². The Morgan fingerprint density at radius 3 is 2.62 bits per heavy atom. The number of hydrogen-bond donors (Lipinski definition) is 0. The van der Waals surface area contributed by atoms with Gasteiger partial charge in [-0.15, -0.1) is 0 Å². The number of fused-ring (bicyclic) bond motifs is 3. The van der Waals surface area contributed by atoms with E-state index in [4.69, 9.17) is 32.6 Å². The summed E-state index contributed by atoms with van der Waals surface area (Å²) in [6, 6.07) is 21.0. The molecule has 0 saturated carbocycles. The van der Waals surface area contributed by atoms with E-state index in [1.807, 2.05) is 24.3 Å². The second-order valence-electron chi connectivity index (χ2n) is 10.1. The monoisotopic (exact) mass is 622 g/mol. The molecule has 0 spiro atoms. The molecule has 1 aliphatic carbocycles. The second-order valence-corrected chi connectivity index (χ2v) is 11.9. The van der Waals surface area contributed by atoms with E-state index in [-0.39, 0.29) is 16.9 Å². The number of aryl methyl sites for hydroxylation is 1. The fraction of sp³-hybridized carbons (Fsp3) is 0.125. The smallest absolute Gasteiger partial charge is 0.416 e. The first-order valence-corrected chi connectivity index (χ1v) is 14.6. The van der Waals surface area contributed by atoms with Crippen LogP contribution in [0.1, 0.15) is 40.5 Å². The molecule has 2 aliphatic rings. The Morgan fingerprint density at radius 2 is 1.81 bits per heavy atom. The standard InChI is InChI=1S/C32H19Cl2F3N2O2S/c33-20-9-12-23(25(34)15-20)29-24-11-8-17-4-1-2-7-22(17)28(24)38-31-39(29)30(40)27(42-31)16-21-10-13-26(41-21)18-5-3-6-19(14-18)32(35,36)37/h1-7,9-10,12-16,29H,8,11H2/b27-16+/t29-/m1/s1. The van der Waals surface area contributed by atoms with Gasteiger partial charge in [-0.3, -0.25) is 9.36 Å². The van der Waals surface area contributed by atoms with Gasteiger partial charge < -0.3 is 4.42 Å². The summed E-state index contributed by atoms with van der Waals surface area (Å²) in [5.74, 6) is 0.598. The molecule has 2 aromatic heterocycles. The summed E-state index contributed by atoms with van der Waals surface area (Å²) in [7, 11) is 0. The minimum Gasteiger partial charge on any atom is -0.457 e. The van der Waals surface area contributed by atoms with E-state index in [0.29, 0.717) is 31.6 Å². The number of benzene rings is 3. The van der Waals surface area contributed by atoms with Gasteiger partial charge in [0.2, 0.25) is 0 Å². The summed E-state index contributed by atoms with van der Waals surface area (Å²) < 4.78 is 47.6. The molecule has 0 amide bonds. The van der Waals surface area contributed by atoms with Crippen molar-refractivity contribution in [2.24, 2.45) is 4.99 Å². The molecule has 4 nitrogen and oxygen atoms in total. The van der Waals surface area contributed by atoms with E-state index in [1.54, 1.807) is 41.0 Å². The molecule has 0 radical (unpaired) electrons. The number of furan rings is 1. The summed E-state index contributed by atoms with van der Waals surface area (Å²) in [5, 5.41) is 0.945. The van der Waals surface area contributed by atoms with Gasteiger partial charge in [-0.1, -0.05) is 77.0 Å². The van der Waals surface area contributed by atoms with Gasteiger partial charge in [-0.05, 0) is 65.9 Å². The molecule has 3 heterocycles. The number of alkyl halides is 3. The van der Waals surface area contributed by atoms with Gasteiger partial charge in [-0.25, -0.2) is 4.99 Å². The lowest BCUT2D eigenvalue weighted by molar-refractivity contribution is -0.137. The Morgan fingerprint density at radius 1 is 0.976 bits per heavy atom. The van der Waals surface area contributed by atoms with Gasteiger partial charge >= 0.3 is 6.18 Å². The van der Waals surface area contributed by atoms with E-state index in [0.717, 1.165) is 41.0 Å². The molecule has 1 aliphatic heterocycles. The lowest BCUT2D eigenvalue weighted by atomic mass is 9.83. The van der Waals surface area contributed by atoms with Crippen molar-refractivity contribution in [3.05, 3.63) is 142 Å². The normalized spacial score (nSPS) is 16.6. The quantitative estimate of drug-likeness (QED) is 0.205. The largest absolute Gasteiger partial charge is 0.457 e. The maximum Gasteiger partial charge on any atom is 0.416 e. The van der Waals surface area contributed by atoms with Crippen LogP contribution in [0, 0.1) is 0 Å². The van der Waals surface area contributed by atoms with Crippen molar-refractivity contribution in [1.82, 2.24) is 4.57 Å². The van der Waals surface area contributed by atoms with E-state index in [2.05, 4.69) is 6.07 Å². The Balaban J connectivity index is 1.38. The number of halogens is 5. The molecule has 3 aromatic carbocycles. The molecule has 0 fully saturated rings. The predicted octanol–water partition coefficient (Wildman–Crippen LogP) is 7.90. The highest BCUT2D eigenvalue weighted by Crippen LogP contribution is 2.43. The lowest BCUT2D eigenvalue weighted by Gasteiger charge is -2.31. The van der Waals surface area contributed by atoms with Crippen LogP contribution >= 0.6 is 34.5 Å². The van der Waals surface area contributed by atoms with E-state index in [1.165, 1.54) is 23.0 Å².